The minimum absolute atomic E-state index is 0. The SMILES string of the molecule is CCN(Cc1ccc(C(=O)N2CC3CCC(N)C3C2)cc1)C(C)C.Cl. The van der Waals surface area contributed by atoms with E-state index in [0.717, 1.165) is 38.2 Å². The van der Waals surface area contributed by atoms with Crippen LogP contribution in [0.15, 0.2) is 24.3 Å². The lowest BCUT2D eigenvalue weighted by Crippen LogP contribution is -2.33. The molecule has 1 saturated carbocycles. The maximum Gasteiger partial charge on any atom is 0.253 e. The summed E-state index contributed by atoms with van der Waals surface area (Å²) in [5.74, 6) is 1.30. The molecule has 2 N–H and O–H groups in total. The second-order valence-corrected chi connectivity index (χ2v) is 7.73. The highest BCUT2D eigenvalue weighted by Crippen LogP contribution is 2.37. The Morgan fingerprint density at radius 2 is 1.92 bits per heavy atom. The third-order valence-electron chi connectivity index (χ3n) is 5.92. The highest BCUT2D eigenvalue weighted by Gasteiger charge is 2.42. The Hall–Kier alpha value is -1.10. The lowest BCUT2D eigenvalue weighted by atomic mass is 9.98. The number of fused-ring (bicyclic) bond motifs is 1. The van der Waals surface area contributed by atoms with E-state index in [9.17, 15) is 4.79 Å². The quantitative estimate of drug-likeness (QED) is 0.872. The average molecular weight is 366 g/mol. The van der Waals surface area contributed by atoms with Gasteiger partial charge in [0.25, 0.3) is 5.91 Å². The molecular formula is C20H32ClN3O. The third-order valence-corrected chi connectivity index (χ3v) is 5.92. The van der Waals surface area contributed by atoms with E-state index in [1.54, 1.807) is 0 Å². The molecule has 25 heavy (non-hydrogen) atoms. The van der Waals surface area contributed by atoms with Crippen LogP contribution in [0.5, 0.6) is 0 Å². The van der Waals surface area contributed by atoms with Gasteiger partial charge in [-0.15, -0.1) is 12.4 Å². The molecule has 0 radical (unpaired) electrons. The Balaban J connectivity index is 0.00000225. The fraction of sp³-hybridized carbons (Fsp3) is 0.650. The van der Waals surface area contributed by atoms with Crippen molar-refractivity contribution in [2.75, 3.05) is 19.6 Å². The largest absolute Gasteiger partial charge is 0.338 e. The monoisotopic (exact) mass is 365 g/mol. The predicted molar refractivity (Wildman–Crippen MR) is 105 cm³/mol. The molecule has 0 bridgehead atoms. The number of nitrogens with zero attached hydrogens (tertiary/aromatic N) is 2. The summed E-state index contributed by atoms with van der Waals surface area (Å²) in [4.78, 5) is 17.2. The van der Waals surface area contributed by atoms with Crippen LogP contribution in [0, 0.1) is 11.8 Å². The second kappa shape index (κ2) is 8.52. The van der Waals surface area contributed by atoms with Gasteiger partial charge < -0.3 is 10.6 Å². The number of likely N-dealkylation sites (tertiary alicyclic amines) is 1. The van der Waals surface area contributed by atoms with Crippen molar-refractivity contribution in [1.82, 2.24) is 9.80 Å². The van der Waals surface area contributed by atoms with Crippen LogP contribution in [0.1, 0.15) is 49.5 Å². The Labute approximate surface area is 158 Å². The maximum atomic E-state index is 12.8. The summed E-state index contributed by atoms with van der Waals surface area (Å²) in [6.07, 6.45) is 2.30. The van der Waals surface area contributed by atoms with E-state index in [4.69, 9.17) is 5.73 Å². The predicted octanol–water partition coefficient (Wildman–Crippen LogP) is 3.15. The Kier molecular flexibility index (Phi) is 6.89. The van der Waals surface area contributed by atoms with Crippen LogP contribution < -0.4 is 5.73 Å². The number of carbonyl (C=O) groups excluding carboxylic acids is 1. The van der Waals surface area contributed by atoms with E-state index in [1.807, 2.05) is 17.0 Å². The molecule has 1 aliphatic heterocycles. The van der Waals surface area contributed by atoms with Crippen molar-refractivity contribution in [3.8, 4) is 0 Å². The molecule has 1 aromatic rings. The summed E-state index contributed by atoms with van der Waals surface area (Å²) in [7, 11) is 0. The van der Waals surface area contributed by atoms with E-state index in [0.29, 0.717) is 17.9 Å². The smallest absolute Gasteiger partial charge is 0.253 e. The van der Waals surface area contributed by atoms with Crippen molar-refractivity contribution in [2.45, 2.75) is 52.2 Å². The molecule has 3 atom stereocenters. The highest BCUT2D eigenvalue weighted by molar-refractivity contribution is 5.94. The topological polar surface area (TPSA) is 49.6 Å². The van der Waals surface area contributed by atoms with Crippen LogP contribution in [0.25, 0.3) is 0 Å². The first-order valence-corrected chi connectivity index (χ1v) is 9.37. The van der Waals surface area contributed by atoms with Gasteiger partial charge in [-0.25, -0.2) is 0 Å². The number of rotatable bonds is 5. The molecule has 0 aromatic heterocycles. The van der Waals surface area contributed by atoms with Gasteiger partial charge in [-0.2, -0.15) is 0 Å². The van der Waals surface area contributed by atoms with E-state index >= 15 is 0 Å². The molecule has 5 heteroatoms. The van der Waals surface area contributed by atoms with Crippen molar-refractivity contribution >= 4 is 18.3 Å². The summed E-state index contributed by atoms with van der Waals surface area (Å²) >= 11 is 0. The Morgan fingerprint density at radius 3 is 2.48 bits per heavy atom. The van der Waals surface area contributed by atoms with Gasteiger partial charge in [0.05, 0.1) is 0 Å². The van der Waals surface area contributed by atoms with Crippen LogP contribution in [0.4, 0.5) is 0 Å². The van der Waals surface area contributed by atoms with Crippen molar-refractivity contribution < 1.29 is 4.79 Å². The van der Waals surface area contributed by atoms with Gasteiger partial charge in [-0.3, -0.25) is 9.69 Å². The summed E-state index contributed by atoms with van der Waals surface area (Å²) in [6.45, 7) is 10.3. The molecule has 0 spiro atoms. The van der Waals surface area contributed by atoms with E-state index in [-0.39, 0.29) is 24.4 Å². The van der Waals surface area contributed by atoms with Gasteiger partial charge in [0.1, 0.15) is 0 Å². The lowest BCUT2D eigenvalue weighted by molar-refractivity contribution is 0.0779. The van der Waals surface area contributed by atoms with Crippen LogP contribution in [-0.2, 0) is 6.54 Å². The second-order valence-electron chi connectivity index (χ2n) is 7.73. The average Bonchev–Trinajstić information content (AvgIpc) is 3.14. The summed E-state index contributed by atoms with van der Waals surface area (Å²) in [6, 6.07) is 8.98. The summed E-state index contributed by atoms with van der Waals surface area (Å²) in [5.41, 5.74) is 8.25. The van der Waals surface area contributed by atoms with Gasteiger partial charge in [-0.1, -0.05) is 19.1 Å². The Bertz CT molecular complexity index is 575. The Morgan fingerprint density at radius 1 is 1.24 bits per heavy atom. The zero-order valence-corrected chi connectivity index (χ0v) is 16.5. The number of hydrogen-bond donors (Lipinski definition) is 1. The van der Waals surface area contributed by atoms with Gasteiger partial charge in [-0.05, 0) is 62.8 Å². The fourth-order valence-corrected chi connectivity index (χ4v) is 4.30. The number of carbonyl (C=O) groups is 1. The lowest BCUT2D eigenvalue weighted by Gasteiger charge is -2.25. The summed E-state index contributed by atoms with van der Waals surface area (Å²) < 4.78 is 0. The minimum atomic E-state index is 0. The highest BCUT2D eigenvalue weighted by atomic mass is 35.5. The van der Waals surface area contributed by atoms with Crippen LogP contribution in [0.3, 0.4) is 0 Å². The third kappa shape index (κ3) is 4.36. The van der Waals surface area contributed by atoms with Crippen LogP contribution >= 0.6 is 12.4 Å². The van der Waals surface area contributed by atoms with Crippen LogP contribution in [0.2, 0.25) is 0 Å². The van der Waals surface area contributed by atoms with Gasteiger partial charge in [0.15, 0.2) is 0 Å². The first kappa shape index (κ1) is 20.2. The molecular weight excluding hydrogens is 334 g/mol. The van der Waals surface area contributed by atoms with Crippen molar-refractivity contribution in [3.05, 3.63) is 35.4 Å². The maximum absolute atomic E-state index is 12.8. The summed E-state index contributed by atoms with van der Waals surface area (Å²) in [5, 5.41) is 0. The minimum Gasteiger partial charge on any atom is -0.338 e. The molecule has 140 valence electrons. The number of nitrogens with two attached hydrogens (primary N) is 1. The van der Waals surface area contributed by atoms with Gasteiger partial charge in [0, 0.05) is 37.3 Å². The zero-order chi connectivity index (χ0) is 17.3. The standard InChI is InChI=1S/C20H31N3O.ClH/c1-4-22(14(2)3)11-15-5-7-16(8-6-15)20(24)23-12-17-9-10-19(21)18(17)13-23;/h5-8,14,17-19H,4,9-13,21H2,1-3H3;1H. The van der Waals surface area contributed by atoms with E-state index in [1.165, 1.54) is 12.0 Å². The first-order valence-electron chi connectivity index (χ1n) is 9.37. The molecule has 1 amide bonds. The van der Waals surface area contributed by atoms with Gasteiger partial charge >= 0.3 is 0 Å². The molecule has 1 aliphatic carbocycles. The number of amides is 1. The first-order chi connectivity index (χ1) is 11.5. The van der Waals surface area contributed by atoms with E-state index < -0.39 is 0 Å². The molecule has 3 unspecified atom stereocenters. The number of halogens is 1. The van der Waals surface area contributed by atoms with Crippen molar-refractivity contribution in [3.63, 3.8) is 0 Å². The number of benzene rings is 1. The molecule has 4 nitrogen and oxygen atoms in total. The van der Waals surface area contributed by atoms with Gasteiger partial charge in [0.2, 0.25) is 0 Å². The normalized spacial score (nSPS) is 25.4. The molecule has 2 aliphatic rings. The molecule has 1 heterocycles. The molecule has 3 rings (SSSR count). The molecule has 1 saturated heterocycles. The fourth-order valence-electron chi connectivity index (χ4n) is 4.30. The number of hydrogen-bond acceptors (Lipinski definition) is 3. The van der Waals surface area contributed by atoms with E-state index in [2.05, 4.69) is 37.8 Å². The zero-order valence-electron chi connectivity index (χ0n) is 15.6. The molecule has 2 fully saturated rings. The molecule has 1 aromatic carbocycles. The van der Waals surface area contributed by atoms with Crippen LogP contribution in [-0.4, -0.2) is 47.4 Å². The van der Waals surface area contributed by atoms with Crippen molar-refractivity contribution in [2.24, 2.45) is 17.6 Å². The van der Waals surface area contributed by atoms with Crippen molar-refractivity contribution in [1.29, 1.82) is 0 Å².